The zero-order chi connectivity index (χ0) is 34.7. The van der Waals surface area contributed by atoms with Gasteiger partial charge in [0.15, 0.2) is 11.6 Å². The number of carboxylic acid groups (broad SMARTS) is 2. The number of anilines is 4. The molecule has 0 fully saturated rings. The molecule has 0 aliphatic rings. The number of carboxylic acids is 2. The summed E-state index contributed by atoms with van der Waals surface area (Å²) in [6.45, 7) is 0. The van der Waals surface area contributed by atoms with Gasteiger partial charge in [0.2, 0.25) is 0 Å². The van der Waals surface area contributed by atoms with E-state index in [9.17, 15) is 39.9 Å². The number of rotatable bonds is 6. The highest BCUT2D eigenvalue weighted by Crippen LogP contribution is 2.27. The number of nitrogens with zero attached hydrogens (tertiary/aromatic N) is 2. The van der Waals surface area contributed by atoms with E-state index in [1.807, 2.05) is 0 Å². The molecular weight excluding hydrogens is 642 g/mol. The van der Waals surface area contributed by atoms with Crippen molar-refractivity contribution < 1.29 is 64.5 Å². The summed E-state index contributed by atoms with van der Waals surface area (Å²) >= 11 is 0. The van der Waals surface area contributed by atoms with Crippen molar-refractivity contribution in [2.75, 3.05) is 16.4 Å². The highest BCUT2D eigenvalue weighted by molar-refractivity contribution is 6.04. The molecule has 6 N–H and O–H groups in total. The Bertz CT molecular complexity index is 1640. The van der Waals surface area contributed by atoms with Gasteiger partial charge in [0.1, 0.15) is 23.2 Å². The summed E-state index contributed by atoms with van der Waals surface area (Å²) in [5.74, 6) is -6.02. The van der Waals surface area contributed by atoms with Gasteiger partial charge in [-0.2, -0.15) is 26.3 Å². The van der Waals surface area contributed by atoms with E-state index in [1.165, 1.54) is 54.9 Å². The quantitative estimate of drug-likeness (QED) is 0.146. The molecule has 19 heteroatoms. The van der Waals surface area contributed by atoms with E-state index in [0.29, 0.717) is 22.8 Å². The van der Waals surface area contributed by atoms with E-state index in [1.54, 1.807) is 18.2 Å². The van der Waals surface area contributed by atoms with Crippen molar-refractivity contribution in [3.63, 3.8) is 0 Å². The first-order valence-corrected chi connectivity index (χ1v) is 11.9. The van der Waals surface area contributed by atoms with Gasteiger partial charge < -0.3 is 31.3 Å². The van der Waals surface area contributed by atoms with Crippen molar-refractivity contribution in [2.24, 2.45) is 0 Å². The van der Waals surface area contributed by atoms with Gasteiger partial charge in [0.05, 0.1) is 0 Å². The molecule has 0 radical (unpaired) electrons. The summed E-state index contributed by atoms with van der Waals surface area (Å²) in [6.07, 6.45) is -7.26. The zero-order valence-corrected chi connectivity index (χ0v) is 22.5. The molecule has 1 amide bonds. The molecule has 0 aliphatic carbocycles. The second kappa shape index (κ2) is 15.6. The maximum absolute atomic E-state index is 14.5. The van der Waals surface area contributed by atoms with Crippen molar-refractivity contribution in [3.05, 3.63) is 96.3 Å². The maximum atomic E-state index is 14.5. The Morgan fingerprint density at radius 1 is 0.739 bits per heavy atom. The molecule has 2 aromatic heterocycles. The molecular formula is C27H19F8N5O6. The second-order valence-corrected chi connectivity index (χ2v) is 8.29. The van der Waals surface area contributed by atoms with Crippen molar-refractivity contribution in [3.8, 4) is 11.5 Å². The number of alkyl halides is 6. The van der Waals surface area contributed by atoms with E-state index >= 15 is 0 Å². The van der Waals surface area contributed by atoms with Crippen LogP contribution < -0.4 is 21.1 Å². The first-order valence-electron chi connectivity index (χ1n) is 11.9. The predicted molar refractivity (Wildman–Crippen MR) is 144 cm³/mol. The fraction of sp³-hybridized carbons (Fsp3) is 0.0741. The lowest BCUT2D eigenvalue weighted by atomic mass is 10.2. The normalized spacial score (nSPS) is 10.7. The highest BCUT2D eigenvalue weighted by atomic mass is 19.4. The number of carbonyl (C=O) groups excluding carboxylic acids is 1. The molecule has 244 valence electrons. The van der Waals surface area contributed by atoms with E-state index in [4.69, 9.17) is 30.3 Å². The standard InChI is InChI=1S/C23H17F2N5O2.2C2HF3O2/c24-15-1-3-16(4-2-15)29-22-11-14(7-9-28-22)23(31)30-17-5-6-20(19(25)12-17)32-18-8-10-27-21(26)13-18;2*3-2(4,5)1(6)7/h1-13H,(H2,26,27)(H,28,29)(H,30,31);2*(H,6,7). The number of pyridine rings is 2. The molecule has 4 aromatic rings. The van der Waals surface area contributed by atoms with Gasteiger partial charge >= 0.3 is 24.3 Å². The van der Waals surface area contributed by atoms with Crippen LogP contribution in [0.5, 0.6) is 11.5 Å². The van der Waals surface area contributed by atoms with Crippen LogP contribution in [0.25, 0.3) is 0 Å². The van der Waals surface area contributed by atoms with Gasteiger partial charge in [-0.25, -0.2) is 28.3 Å². The van der Waals surface area contributed by atoms with Crippen LogP contribution in [-0.2, 0) is 9.59 Å². The third-order valence-corrected chi connectivity index (χ3v) is 4.79. The number of aromatic nitrogens is 2. The maximum Gasteiger partial charge on any atom is 0.490 e. The molecule has 0 saturated heterocycles. The highest BCUT2D eigenvalue weighted by Gasteiger charge is 2.38. The number of carbonyl (C=O) groups is 3. The average Bonchev–Trinajstić information content (AvgIpc) is 2.95. The summed E-state index contributed by atoms with van der Waals surface area (Å²) in [6, 6.07) is 15.9. The van der Waals surface area contributed by atoms with Gasteiger partial charge in [-0.1, -0.05) is 0 Å². The largest absolute Gasteiger partial charge is 0.490 e. The van der Waals surface area contributed by atoms with Crippen molar-refractivity contribution in [1.29, 1.82) is 0 Å². The topological polar surface area (TPSA) is 177 Å². The zero-order valence-electron chi connectivity index (χ0n) is 22.5. The van der Waals surface area contributed by atoms with Crippen LogP contribution in [-0.4, -0.2) is 50.4 Å². The van der Waals surface area contributed by atoms with E-state index in [2.05, 4.69) is 20.6 Å². The van der Waals surface area contributed by atoms with Crippen LogP contribution >= 0.6 is 0 Å². The number of benzene rings is 2. The molecule has 2 aromatic carbocycles. The predicted octanol–water partition coefficient (Wildman–Crippen LogP) is 6.39. The van der Waals surface area contributed by atoms with Crippen LogP contribution in [0.1, 0.15) is 10.4 Å². The first kappa shape index (κ1) is 36.2. The summed E-state index contributed by atoms with van der Waals surface area (Å²) < 4.78 is 96.4. The molecule has 0 bridgehead atoms. The van der Waals surface area contributed by atoms with E-state index in [0.717, 1.165) is 6.07 Å². The smallest absolute Gasteiger partial charge is 0.475 e. The molecule has 4 rings (SSSR count). The third kappa shape index (κ3) is 12.3. The van der Waals surface area contributed by atoms with Crippen LogP contribution in [0.4, 0.5) is 58.1 Å². The van der Waals surface area contributed by atoms with Gasteiger partial charge in [-0.15, -0.1) is 0 Å². The number of ether oxygens (including phenoxy) is 1. The van der Waals surface area contributed by atoms with Crippen molar-refractivity contribution in [2.45, 2.75) is 12.4 Å². The fourth-order valence-electron chi connectivity index (χ4n) is 2.80. The monoisotopic (exact) mass is 661 g/mol. The Hall–Kier alpha value is -6.01. The molecule has 0 spiro atoms. The number of hydrogen-bond acceptors (Lipinski definition) is 8. The minimum atomic E-state index is -5.08. The number of hydrogen-bond donors (Lipinski definition) is 5. The van der Waals surface area contributed by atoms with Crippen LogP contribution in [0.2, 0.25) is 0 Å². The number of nitrogen functional groups attached to an aromatic ring is 1. The molecule has 0 aliphatic heterocycles. The Balaban J connectivity index is 0.000000440. The van der Waals surface area contributed by atoms with Gasteiger partial charge in [-0.05, 0) is 54.6 Å². The summed E-state index contributed by atoms with van der Waals surface area (Å²) in [5.41, 5.74) is 6.76. The lowest BCUT2D eigenvalue weighted by Crippen LogP contribution is -2.21. The van der Waals surface area contributed by atoms with Gasteiger partial charge in [0.25, 0.3) is 5.91 Å². The number of nitrogens with two attached hydrogens (primary N) is 1. The lowest BCUT2D eigenvalue weighted by Gasteiger charge is -2.10. The number of amides is 1. The molecule has 2 heterocycles. The minimum Gasteiger partial charge on any atom is -0.475 e. The summed E-state index contributed by atoms with van der Waals surface area (Å²) in [5, 5.41) is 19.9. The van der Waals surface area contributed by atoms with Crippen molar-refractivity contribution >= 4 is 40.9 Å². The lowest BCUT2D eigenvalue weighted by molar-refractivity contribution is -0.193. The molecule has 11 nitrogen and oxygen atoms in total. The van der Waals surface area contributed by atoms with Crippen LogP contribution in [0.15, 0.2) is 79.1 Å². The molecule has 0 atom stereocenters. The summed E-state index contributed by atoms with van der Waals surface area (Å²) in [4.78, 5) is 38.4. The first-order chi connectivity index (χ1) is 21.3. The number of nitrogens with one attached hydrogen (secondary N) is 2. The second-order valence-electron chi connectivity index (χ2n) is 8.29. The SMILES string of the molecule is Nc1cc(Oc2ccc(NC(=O)c3ccnc(Nc4ccc(F)cc4)c3)cc2F)ccn1.O=C(O)C(F)(F)F.O=C(O)C(F)(F)F. The Labute approximate surface area is 252 Å². The Morgan fingerprint density at radius 3 is 1.80 bits per heavy atom. The van der Waals surface area contributed by atoms with Gasteiger partial charge in [0, 0.05) is 41.5 Å². The van der Waals surface area contributed by atoms with Crippen LogP contribution in [0.3, 0.4) is 0 Å². The summed E-state index contributed by atoms with van der Waals surface area (Å²) in [7, 11) is 0. The fourth-order valence-corrected chi connectivity index (χ4v) is 2.80. The average molecular weight is 661 g/mol. The number of halogens is 8. The van der Waals surface area contributed by atoms with E-state index < -0.39 is 36.0 Å². The minimum absolute atomic E-state index is 0.0247. The van der Waals surface area contributed by atoms with Crippen molar-refractivity contribution in [1.82, 2.24) is 9.97 Å². The van der Waals surface area contributed by atoms with Crippen LogP contribution in [0, 0.1) is 11.6 Å². The number of aliphatic carboxylic acids is 2. The Kier molecular flexibility index (Phi) is 12.3. The van der Waals surface area contributed by atoms with E-state index in [-0.39, 0.29) is 23.1 Å². The third-order valence-electron chi connectivity index (χ3n) is 4.79. The molecule has 0 saturated carbocycles. The molecule has 0 unspecified atom stereocenters. The Morgan fingerprint density at radius 2 is 1.28 bits per heavy atom. The van der Waals surface area contributed by atoms with Gasteiger partial charge in [-0.3, -0.25) is 4.79 Å². The molecule has 46 heavy (non-hydrogen) atoms.